The number of imidazole rings is 1. The van der Waals surface area contributed by atoms with Crippen molar-refractivity contribution in [3.63, 3.8) is 0 Å². The largest absolute Gasteiger partial charge is 0.292 e. The van der Waals surface area contributed by atoms with Crippen LogP contribution in [0.25, 0.3) is 83.4 Å². The van der Waals surface area contributed by atoms with Crippen molar-refractivity contribution in [2.24, 2.45) is 0 Å². The van der Waals surface area contributed by atoms with Gasteiger partial charge in [0.1, 0.15) is 5.65 Å². The van der Waals surface area contributed by atoms with Crippen molar-refractivity contribution in [1.29, 1.82) is 0 Å². The van der Waals surface area contributed by atoms with E-state index in [0.717, 1.165) is 62.2 Å². The molecule has 0 bridgehead atoms. The van der Waals surface area contributed by atoms with Gasteiger partial charge in [0.2, 0.25) is 0 Å². The van der Waals surface area contributed by atoms with Crippen molar-refractivity contribution < 1.29 is 0 Å². The molecule has 5 aromatic carbocycles. The fraction of sp³-hybridized carbons (Fsp3) is 0.0556. The van der Waals surface area contributed by atoms with E-state index < -0.39 is 0 Å². The first-order chi connectivity index (χ1) is 19.3. The monoisotopic (exact) mass is 497 g/mol. The lowest BCUT2D eigenvalue weighted by Crippen LogP contribution is -2.27. The van der Waals surface area contributed by atoms with Crippen LogP contribution in [0.4, 0.5) is 0 Å². The van der Waals surface area contributed by atoms with Gasteiger partial charge in [-0.05, 0) is 87.6 Å². The molecule has 0 spiro atoms. The fourth-order valence-corrected chi connectivity index (χ4v) is 6.55. The lowest BCUT2D eigenvalue weighted by molar-refractivity contribution is 1.12. The maximum atomic E-state index is 5.23. The minimum absolute atomic E-state index is 0.953. The number of pyridine rings is 2. The molecule has 0 radical (unpaired) electrons. The first-order valence-corrected chi connectivity index (χ1v) is 13.6. The molecule has 0 saturated heterocycles. The molecule has 0 saturated carbocycles. The summed E-state index contributed by atoms with van der Waals surface area (Å²) in [5, 5.41) is 8.66. The van der Waals surface area contributed by atoms with E-state index in [1.807, 2.05) is 0 Å². The number of aromatic nitrogens is 3. The number of para-hydroxylation sites is 3. The van der Waals surface area contributed by atoms with Crippen molar-refractivity contribution in [2.75, 3.05) is 0 Å². The van der Waals surface area contributed by atoms with Gasteiger partial charge in [0.05, 0.1) is 27.6 Å². The molecule has 1 aliphatic rings. The van der Waals surface area contributed by atoms with Crippen molar-refractivity contribution in [3.05, 3.63) is 114 Å². The number of fused-ring (bicyclic) bond motifs is 12. The van der Waals surface area contributed by atoms with Crippen molar-refractivity contribution in [2.45, 2.75) is 12.8 Å². The maximum absolute atomic E-state index is 5.23. The highest BCUT2D eigenvalue weighted by molar-refractivity contribution is 6.15. The Hall–Kier alpha value is -5.02. The minimum Gasteiger partial charge on any atom is -0.292 e. The standard InChI is InChI=1S/C36H23N3/c1-3-11-25-22(9-1)19-28(27-13-5-4-12-26(25)27)23-17-18-33-29(20-23)35-30(21-24-10-2-6-14-31(24)37-35)36-38-32-15-7-8-16-34(32)39(33)36/h2,4-21H,1,3H2. The van der Waals surface area contributed by atoms with Gasteiger partial charge >= 0.3 is 0 Å². The van der Waals surface area contributed by atoms with Gasteiger partial charge in [0.15, 0.2) is 0 Å². The van der Waals surface area contributed by atoms with E-state index in [1.165, 1.54) is 32.3 Å². The van der Waals surface area contributed by atoms with Gasteiger partial charge in [-0.2, -0.15) is 0 Å². The van der Waals surface area contributed by atoms with E-state index in [2.05, 4.69) is 120 Å². The van der Waals surface area contributed by atoms with Crippen LogP contribution >= 0.6 is 0 Å². The topological polar surface area (TPSA) is 30.2 Å². The van der Waals surface area contributed by atoms with Crippen LogP contribution in [-0.2, 0) is 0 Å². The highest BCUT2D eigenvalue weighted by Crippen LogP contribution is 2.36. The van der Waals surface area contributed by atoms with Gasteiger partial charge in [0, 0.05) is 16.2 Å². The molecule has 182 valence electrons. The molecule has 0 atom stereocenters. The van der Waals surface area contributed by atoms with E-state index in [9.17, 15) is 0 Å². The Morgan fingerprint density at radius 3 is 2.31 bits per heavy atom. The van der Waals surface area contributed by atoms with Crippen molar-refractivity contribution >= 4 is 72.3 Å². The Morgan fingerprint density at radius 1 is 0.564 bits per heavy atom. The van der Waals surface area contributed by atoms with Crippen LogP contribution in [0.2, 0.25) is 0 Å². The quantitative estimate of drug-likeness (QED) is 0.173. The zero-order valence-corrected chi connectivity index (χ0v) is 21.2. The van der Waals surface area contributed by atoms with Gasteiger partial charge < -0.3 is 0 Å². The summed E-state index contributed by atoms with van der Waals surface area (Å²) in [7, 11) is 0. The number of rotatable bonds is 1. The predicted molar refractivity (Wildman–Crippen MR) is 163 cm³/mol. The molecule has 3 heteroatoms. The molecule has 1 aliphatic carbocycles. The van der Waals surface area contributed by atoms with E-state index in [-0.39, 0.29) is 0 Å². The number of hydrogen-bond donors (Lipinski definition) is 0. The minimum atomic E-state index is 0.953. The highest BCUT2D eigenvalue weighted by Gasteiger charge is 2.17. The first kappa shape index (κ1) is 21.0. The maximum Gasteiger partial charge on any atom is 0.147 e. The van der Waals surface area contributed by atoms with Gasteiger partial charge in [-0.1, -0.05) is 72.8 Å². The molecule has 0 N–H and O–H groups in total. The van der Waals surface area contributed by atoms with Crippen LogP contribution < -0.4 is 10.4 Å². The summed E-state index contributed by atoms with van der Waals surface area (Å²) in [6.07, 6.45) is 6.98. The smallest absolute Gasteiger partial charge is 0.147 e. The summed E-state index contributed by atoms with van der Waals surface area (Å²) >= 11 is 0. The zero-order valence-electron chi connectivity index (χ0n) is 21.2. The molecule has 0 aliphatic heterocycles. The first-order valence-electron chi connectivity index (χ1n) is 13.6. The van der Waals surface area contributed by atoms with Gasteiger partial charge in [-0.25, -0.2) is 9.97 Å². The van der Waals surface area contributed by atoms with Crippen LogP contribution in [0, 0.1) is 0 Å². The summed E-state index contributed by atoms with van der Waals surface area (Å²) in [6.45, 7) is 0. The SMILES string of the molecule is C1=c2cc(-c3ccc4c(c3)c3nc5ccccc5cc3c3nc5ccccc5n43)c3ccccc3c2=CCC1. The van der Waals surface area contributed by atoms with E-state index in [4.69, 9.17) is 9.97 Å². The lowest BCUT2D eigenvalue weighted by atomic mass is 9.92. The Kier molecular flexibility index (Phi) is 4.17. The summed E-state index contributed by atoms with van der Waals surface area (Å²) in [5.41, 5.74) is 8.66. The predicted octanol–water partition coefficient (Wildman–Crippen LogP) is 7.52. The van der Waals surface area contributed by atoms with Crippen LogP contribution in [0.3, 0.4) is 0 Å². The lowest BCUT2D eigenvalue weighted by Gasteiger charge is -2.14. The molecular weight excluding hydrogens is 474 g/mol. The van der Waals surface area contributed by atoms with Crippen LogP contribution in [0.1, 0.15) is 12.8 Å². The van der Waals surface area contributed by atoms with Crippen LogP contribution in [0.15, 0.2) is 103 Å². The third-order valence-electron chi connectivity index (χ3n) is 8.33. The summed E-state index contributed by atoms with van der Waals surface area (Å²) in [6, 6.07) is 37.1. The highest BCUT2D eigenvalue weighted by atomic mass is 15.0. The van der Waals surface area contributed by atoms with Gasteiger partial charge in [0.25, 0.3) is 0 Å². The summed E-state index contributed by atoms with van der Waals surface area (Å²) in [5.74, 6) is 0. The molecule has 0 fully saturated rings. The second-order valence-corrected chi connectivity index (χ2v) is 10.5. The third kappa shape index (κ3) is 2.93. The Morgan fingerprint density at radius 2 is 1.36 bits per heavy atom. The van der Waals surface area contributed by atoms with Crippen molar-refractivity contribution in [1.82, 2.24) is 14.4 Å². The molecule has 3 heterocycles. The van der Waals surface area contributed by atoms with E-state index >= 15 is 0 Å². The second kappa shape index (κ2) is 7.75. The molecule has 9 rings (SSSR count). The van der Waals surface area contributed by atoms with Gasteiger partial charge in [-0.15, -0.1) is 0 Å². The molecule has 39 heavy (non-hydrogen) atoms. The Balaban J connectivity index is 1.47. The van der Waals surface area contributed by atoms with E-state index in [0.29, 0.717) is 0 Å². The Bertz CT molecular complexity index is 2450. The van der Waals surface area contributed by atoms with Gasteiger partial charge in [-0.3, -0.25) is 4.40 Å². The molecule has 0 unspecified atom stereocenters. The van der Waals surface area contributed by atoms with E-state index in [1.54, 1.807) is 0 Å². The van der Waals surface area contributed by atoms with Crippen LogP contribution in [0.5, 0.6) is 0 Å². The van der Waals surface area contributed by atoms with Crippen molar-refractivity contribution in [3.8, 4) is 11.1 Å². The molecule has 0 amide bonds. The number of benzene rings is 5. The van der Waals surface area contributed by atoms with Crippen LogP contribution in [-0.4, -0.2) is 14.4 Å². The molecule has 3 nitrogen and oxygen atoms in total. The number of hydrogen-bond acceptors (Lipinski definition) is 2. The summed E-state index contributed by atoms with van der Waals surface area (Å²) < 4.78 is 2.31. The number of nitrogens with zero attached hydrogens (tertiary/aromatic N) is 3. The summed E-state index contributed by atoms with van der Waals surface area (Å²) in [4.78, 5) is 10.3. The Labute approximate surface area is 224 Å². The molecule has 8 aromatic rings. The normalized spacial score (nSPS) is 13.3. The average molecular weight is 498 g/mol. The molecule has 3 aromatic heterocycles. The molecular formula is C36H23N3. The zero-order chi connectivity index (χ0) is 25.5. The fourth-order valence-electron chi connectivity index (χ4n) is 6.55. The average Bonchev–Trinajstić information content (AvgIpc) is 3.40. The third-order valence-corrected chi connectivity index (χ3v) is 8.33. The second-order valence-electron chi connectivity index (χ2n) is 10.5.